The van der Waals surface area contributed by atoms with Crippen molar-refractivity contribution in [2.75, 3.05) is 19.3 Å². The fourth-order valence-electron chi connectivity index (χ4n) is 2.38. The molecule has 0 amide bonds. The topological polar surface area (TPSA) is 47.1 Å². The maximum atomic E-state index is 5.86. The van der Waals surface area contributed by atoms with Gasteiger partial charge in [-0.3, -0.25) is 0 Å². The summed E-state index contributed by atoms with van der Waals surface area (Å²) in [5.74, 6) is 1.17. The Kier molecular flexibility index (Phi) is 4.65. The van der Waals surface area contributed by atoms with Gasteiger partial charge in [0.25, 0.3) is 0 Å². The molecule has 2 N–H and O–H groups in total. The summed E-state index contributed by atoms with van der Waals surface area (Å²) in [6, 6.07) is 6.58. The largest absolute Gasteiger partial charge is 0.399 e. The Morgan fingerprint density at radius 2 is 2.10 bits per heavy atom. The second-order valence-corrected chi connectivity index (χ2v) is 5.75. The third-order valence-electron chi connectivity index (χ3n) is 3.88. The van der Waals surface area contributed by atoms with Gasteiger partial charge in [-0.05, 0) is 45.5 Å². The molecule has 0 radical (unpaired) electrons. The van der Waals surface area contributed by atoms with Crippen LogP contribution in [0.2, 0.25) is 0 Å². The molecule has 2 aromatic rings. The number of anilines is 1. The SMILES string of the molecule is CCCc1nc2cc(N)ccc2n1CCN(C)C(C)C. The zero-order valence-electron chi connectivity index (χ0n) is 13.1. The van der Waals surface area contributed by atoms with Gasteiger partial charge in [-0.2, -0.15) is 0 Å². The molecule has 20 heavy (non-hydrogen) atoms. The lowest BCUT2D eigenvalue weighted by molar-refractivity contribution is 0.263. The summed E-state index contributed by atoms with van der Waals surface area (Å²) >= 11 is 0. The molecule has 0 fully saturated rings. The Balaban J connectivity index is 2.31. The Hall–Kier alpha value is -1.55. The normalized spacial score (nSPS) is 11.9. The molecule has 4 nitrogen and oxygen atoms in total. The van der Waals surface area contributed by atoms with Crippen LogP contribution in [0, 0.1) is 0 Å². The van der Waals surface area contributed by atoms with Crippen molar-refractivity contribution in [3.8, 4) is 0 Å². The van der Waals surface area contributed by atoms with Gasteiger partial charge in [0.05, 0.1) is 11.0 Å². The predicted octanol–water partition coefficient (Wildman–Crippen LogP) is 2.91. The molecule has 0 saturated carbocycles. The first-order valence-corrected chi connectivity index (χ1v) is 7.47. The van der Waals surface area contributed by atoms with E-state index >= 15 is 0 Å². The van der Waals surface area contributed by atoms with Gasteiger partial charge in [0.1, 0.15) is 5.82 Å². The van der Waals surface area contributed by atoms with Gasteiger partial charge in [-0.15, -0.1) is 0 Å². The molecular weight excluding hydrogens is 248 g/mol. The average Bonchev–Trinajstić information content (AvgIpc) is 2.72. The molecule has 0 unspecified atom stereocenters. The number of nitrogen functional groups attached to an aromatic ring is 1. The number of nitrogens with two attached hydrogens (primary N) is 1. The van der Waals surface area contributed by atoms with E-state index in [1.807, 2.05) is 12.1 Å². The van der Waals surface area contributed by atoms with Crippen LogP contribution in [0.4, 0.5) is 5.69 Å². The lowest BCUT2D eigenvalue weighted by Crippen LogP contribution is -2.30. The van der Waals surface area contributed by atoms with Gasteiger partial charge in [-0.1, -0.05) is 6.92 Å². The number of likely N-dealkylation sites (N-methyl/N-ethyl adjacent to an activating group) is 1. The smallest absolute Gasteiger partial charge is 0.109 e. The van der Waals surface area contributed by atoms with Crippen LogP contribution in [0.5, 0.6) is 0 Å². The number of fused-ring (bicyclic) bond motifs is 1. The Morgan fingerprint density at radius 3 is 2.75 bits per heavy atom. The van der Waals surface area contributed by atoms with Crippen molar-refractivity contribution in [3.63, 3.8) is 0 Å². The highest BCUT2D eigenvalue weighted by molar-refractivity contribution is 5.79. The van der Waals surface area contributed by atoms with Crippen molar-refractivity contribution >= 4 is 16.7 Å². The third-order valence-corrected chi connectivity index (χ3v) is 3.88. The van der Waals surface area contributed by atoms with Crippen LogP contribution in [0.3, 0.4) is 0 Å². The highest BCUT2D eigenvalue weighted by atomic mass is 15.2. The number of benzene rings is 1. The molecule has 4 heteroatoms. The summed E-state index contributed by atoms with van der Waals surface area (Å²) in [6.45, 7) is 8.65. The molecule has 0 aliphatic carbocycles. The summed E-state index contributed by atoms with van der Waals surface area (Å²) < 4.78 is 2.34. The number of aryl methyl sites for hydroxylation is 1. The van der Waals surface area contributed by atoms with E-state index in [0.29, 0.717) is 6.04 Å². The molecular formula is C16H26N4. The minimum Gasteiger partial charge on any atom is -0.399 e. The Bertz CT molecular complexity index is 571. The molecule has 110 valence electrons. The molecule has 0 spiro atoms. The first-order valence-electron chi connectivity index (χ1n) is 7.47. The van der Waals surface area contributed by atoms with E-state index in [2.05, 4.69) is 43.4 Å². The first kappa shape index (κ1) is 14.9. The van der Waals surface area contributed by atoms with E-state index in [1.165, 1.54) is 11.3 Å². The highest BCUT2D eigenvalue weighted by Gasteiger charge is 2.11. The van der Waals surface area contributed by atoms with Gasteiger partial charge in [0, 0.05) is 31.2 Å². The van der Waals surface area contributed by atoms with Crippen LogP contribution in [0.15, 0.2) is 18.2 Å². The van der Waals surface area contributed by atoms with E-state index in [4.69, 9.17) is 10.7 Å². The maximum absolute atomic E-state index is 5.86. The predicted molar refractivity (Wildman–Crippen MR) is 85.9 cm³/mol. The van der Waals surface area contributed by atoms with Crippen LogP contribution in [-0.4, -0.2) is 34.1 Å². The van der Waals surface area contributed by atoms with Crippen LogP contribution in [0.1, 0.15) is 33.0 Å². The minimum atomic E-state index is 0.565. The van der Waals surface area contributed by atoms with Crippen molar-refractivity contribution in [2.24, 2.45) is 0 Å². The van der Waals surface area contributed by atoms with Gasteiger partial charge < -0.3 is 15.2 Å². The van der Waals surface area contributed by atoms with Crippen molar-refractivity contribution < 1.29 is 0 Å². The van der Waals surface area contributed by atoms with Crippen LogP contribution in [0.25, 0.3) is 11.0 Å². The fraction of sp³-hybridized carbons (Fsp3) is 0.562. The number of imidazole rings is 1. The maximum Gasteiger partial charge on any atom is 0.109 e. The second kappa shape index (κ2) is 6.27. The molecule has 0 aliphatic heterocycles. The van der Waals surface area contributed by atoms with Gasteiger partial charge in [-0.25, -0.2) is 4.98 Å². The number of hydrogen-bond donors (Lipinski definition) is 1. The third kappa shape index (κ3) is 3.12. The molecule has 1 aromatic heterocycles. The summed E-state index contributed by atoms with van der Waals surface area (Å²) in [5.41, 5.74) is 8.85. The second-order valence-electron chi connectivity index (χ2n) is 5.75. The number of rotatable bonds is 6. The van der Waals surface area contributed by atoms with Gasteiger partial charge in [0.15, 0.2) is 0 Å². The zero-order chi connectivity index (χ0) is 14.7. The Labute approximate surface area is 121 Å². The van der Waals surface area contributed by atoms with Gasteiger partial charge >= 0.3 is 0 Å². The monoisotopic (exact) mass is 274 g/mol. The molecule has 0 aliphatic rings. The standard InChI is InChI=1S/C16H26N4/c1-5-6-16-18-14-11-13(17)7-8-15(14)20(16)10-9-19(4)12(2)3/h7-8,11-12H,5-6,9-10,17H2,1-4H3. The van der Waals surface area contributed by atoms with Gasteiger partial charge in [0.2, 0.25) is 0 Å². The Morgan fingerprint density at radius 1 is 1.35 bits per heavy atom. The van der Waals surface area contributed by atoms with E-state index in [9.17, 15) is 0 Å². The zero-order valence-corrected chi connectivity index (χ0v) is 13.1. The fourth-order valence-corrected chi connectivity index (χ4v) is 2.38. The molecule has 1 aromatic carbocycles. The quantitative estimate of drug-likeness (QED) is 0.824. The van der Waals surface area contributed by atoms with E-state index in [-0.39, 0.29) is 0 Å². The van der Waals surface area contributed by atoms with E-state index in [0.717, 1.165) is 37.1 Å². The highest BCUT2D eigenvalue weighted by Crippen LogP contribution is 2.20. The average molecular weight is 274 g/mol. The molecule has 0 atom stereocenters. The lowest BCUT2D eigenvalue weighted by atomic mass is 10.2. The summed E-state index contributed by atoms with van der Waals surface area (Å²) in [4.78, 5) is 7.11. The van der Waals surface area contributed by atoms with E-state index in [1.54, 1.807) is 0 Å². The minimum absolute atomic E-state index is 0.565. The van der Waals surface area contributed by atoms with Crippen molar-refractivity contribution in [2.45, 2.75) is 46.2 Å². The molecule has 0 bridgehead atoms. The lowest BCUT2D eigenvalue weighted by Gasteiger charge is -2.21. The van der Waals surface area contributed by atoms with Crippen molar-refractivity contribution in [3.05, 3.63) is 24.0 Å². The van der Waals surface area contributed by atoms with Crippen molar-refractivity contribution in [1.29, 1.82) is 0 Å². The molecule has 2 rings (SSSR count). The van der Waals surface area contributed by atoms with Crippen molar-refractivity contribution in [1.82, 2.24) is 14.5 Å². The number of nitrogens with zero attached hydrogens (tertiary/aromatic N) is 3. The number of hydrogen-bond acceptors (Lipinski definition) is 3. The summed E-state index contributed by atoms with van der Waals surface area (Å²) in [7, 11) is 2.17. The molecule has 1 heterocycles. The van der Waals surface area contributed by atoms with Crippen LogP contribution >= 0.6 is 0 Å². The summed E-state index contributed by atoms with van der Waals surface area (Å²) in [6.07, 6.45) is 2.12. The summed E-state index contributed by atoms with van der Waals surface area (Å²) in [5, 5.41) is 0. The molecule has 0 saturated heterocycles. The van der Waals surface area contributed by atoms with E-state index < -0.39 is 0 Å². The number of aromatic nitrogens is 2. The van der Waals surface area contributed by atoms with Crippen LogP contribution in [-0.2, 0) is 13.0 Å². The first-order chi connectivity index (χ1) is 9.52. The van der Waals surface area contributed by atoms with Crippen LogP contribution < -0.4 is 5.73 Å².